The summed E-state index contributed by atoms with van der Waals surface area (Å²) in [5.41, 5.74) is 2.57. The second-order valence-corrected chi connectivity index (χ2v) is 5.94. The number of anilines is 1. The Morgan fingerprint density at radius 1 is 1.04 bits per heavy atom. The van der Waals surface area contributed by atoms with Gasteiger partial charge in [0.05, 0.1) is 26.9 Å². The van der Waals surface area contributed by atoms with Crippen molar-refractivity contribution >= 4 is 5.69 Å². The maximum atomic E-state index is 9.49. The van der Waals surface area contributed by atoms with Crippen molar-refractivity contribution in [1.29, 1.82) is 5.26 Å². The van der Waals surface area contributed by atoms with Gasteiger partial charge in [-0.1, -0.05) is 24.3 Å². The monoisotopic (exact) mass is 382 g/mol. The maximum absolute atomic E-state index is 9.49. The van der Waals surface area contributed by atoms with Crippen LogP contribution in [0.4, 0.5) is 5.69 Å². The predicted octanol–water partition coefficient (Wildman–Crippen LogP) is 3.83. The lowest BCUT2D eigenvalue weighted by molar-refractivity contribution is 0.142. The molecule has 1 N–H and O–H groups in total. The van der Waals surface area contributed by atoms with Gasteiger partial charge in [0.25, 0.3) is 0 Å². The minimum absolute atomic E-state index is 0.386. The summed E-state index contributed by atoms with van der Waals surface area (Å²) in [6.07, 6.45) is 2.35. The Labute approximate surface area is 166 Å². The van der Waals surface area contributed by atoms with Crippen molar-refractivity contribution in [2.24, 2.45) is 0 Å². The fourth-order valence-corrected chi connectivity index (χ4v) is 2.63. The Morgan fingerprint density at radius 3 is 2.29 bits per heavy atom. The highest BCUT2D eigenvalue weighted by molar-refractivity contribution is 5.55. The number of ether oxygens (including phenoxy) is 4. The van der Waals surface area contributed by atoms with Crippen LogP contribution in [0.2, 0.25) is 0 Å². The molecule has 148 valence electrons. The van der Waals surface area contributed by atoms with Crippen molar-refractivity contribution in [2.75, 3.05) is 46.4 Å². The van der Waals surface area contributed by atoms with E-state index in [-0.39, 0.29) is 0 Å². The number of nitrogens with zero attached hydrogens (tertiary/aromatic N) is 1. The number of para-hydroxylation sites is 1. The topological polar surface area (TPSA) is 72.7 Å². The van der Waals surface area contributed by atoms with Crippen molar-refractivity contribution in [1.82, 2.24) is 0 Å². The second kappa shape index (κ2) is 11.5. The highest BCUT2D eigenvalue weighted by Crippen LogP contribution is 2.39. The third-order valence-corrected chi connectivity index (χ3v) is 4.02. The van der Waals surface area contributed by atoms with Crippen molar-refractivity contribution in [2.45, 2.75) is 6.42 Å². The molecule has 0 saturated carbocycles. The number of methoxy groups -OCH3 is 3. The predicted molar refractivity (Wildman–Crippen MR) is 109 cm³/mol. The van der Waals surface area contributed by atoms with Gasteiger partial charge in [-0.2, -0.15) is 5.26 Å². The summed E-state index contributed by atoms with van der Waals surface area (Å²) in [5.74, 6) is 1.65. The van der Waals surface area contributed by atoms with Gasteiger partial charge in [0.1, 0.15) is 6.61 Å². The Balaban J connectivity index is 2.12. The molecule has 0 aliphatic heterocycles. The molecule has 0 radical (unpaired) electrons. The number of hydrogen-bond donors (Lipinski definition) is 1. The molecule has 6 nitrogen and oxygen atoms in total. The fourth-order valence-electron chi connectivity index (χ4n) is 2.63. The largest absolute Gasteiger partial charge is 0.493 e. The van der Waals surface area contributed by atoms with Crippen molar-refractivity contribution in [3.8, 4) is 23.3 Å². The molecule has 0 aliphatic rings. The zero-order valence-corrected chi connectivity index (χ0v) is 16.5. The summed E-state index contributed by atoms with van der Waals surface area (Å²) in [6.45, 7) is 1.42. The van der Waals surface area contributed by atoms with Crippen LogP contribution in [0, 0.1) is 11.3 Å². The van der Waals surface area contributed by atoms with Crippen molar-refractivity contribution in [3.05, 3.63) is 59.7 Å². The molecule has 0 heterocycles. The Kier molecular flexibility index (Phi) is 8.70. The molecule has 0 spiro atoms. The zero-order valence-electron chi connectivity index (χ0n) is 16.5. The van der Waals surface area contributed by atoms with Crippen LogP contribution >= 0.6 is 0 Å². The molecule has 0 aromatic heterocycles. The van der Waals surface area contributed by atoms with E-state index in [2.05, 4.69) is 11.4 Å². The standard InChI is InChI=1S/C22H26N2O4/c1-25-11-12-28-22-20(26-2)14-18(15-21(22)27-3)13-17(16-23)9-10-24-19-7-5-4-6-8-19/h4-9,14-15,24H,10-13H2,1-3H3/b17-9-. The zero-order chi connectivity index (χ0) is 20.2. The minimum Gasteiger partial charge on any atom is -0.493 e. The Morgan fingerprint density at radius 2 is 1.71 bits per heavy atom. The van der Waals surface area contributed by atoms with Crippen LogP contribution in [0.5, 0.6) is 17.2 Å². The van der Waals surface area contributed by atoms with E-state index in [9.17, 15) is 5.26 Å². The van der Waals surface area contributed by atoms with Gasteiger partial charge in [0, 0.05) is 31.3 Å². The second-order valence-electron chi connectivity index (χ2n) is 5.94. The van der Waals surface area contributed by atoms with Gasteiger partial charge in [0.15, 0.2) is 11.5 Å². The van der Waals surface area contributed by atoms with Crippen LogP contribution in [-0.2, 0) is 11.2 Å². The lowest BCUT2D eigenvalue weighted by atomic mass is 10.0. The summed E-state index contributed by atoms with van der Waals surface area (Å²) >= 11 is 0. The van der Waals surface area contributed by atoms with Crippen LogP contribution in [0.1, 0.15) is 5.56 Å². The van der Waals surface area contributed by atoms with Crippen LogP contribution < -0.4 is 19.5 Å². The molecule has 0 saturated heterocycles. The number of nitrogens with one attached hydrogen (secondary N) is 1. The van der Waals surface area contributed by atoms with Gasteiger partial charge in [-0.3, -0.25) is 0 Å². The van der Waals surface area contributed by atoms with E-state index >= 15 is 0 Å². The summed E-state index contributed by atoms with van der Waals surface area (Å²) in [4.78, 5) is 0. The van der Waals surface area contributed by atoms with Crippen LogP contribution in [-0.4, -0.2) is 41.1 Å². The van der Waals surface area contributed by atoms with E-state index in [0.29, 0.717) is 49.0 Å². The first kappa shape index (κ1) is 21.1. The maximum Gasteiger partial charge on any atom is 0.203 e. The van der Waals surface area contributed by atoms with Gasteiger partial charge in [-0.05, 0) is 29.8 Å². The van der Waals surface area contributed by atoms with Gasteiger partial charge in [-0.25, -0.2) is 0 Å². The summed E-state index contributed by atoms with van der Waals surface area (Å²) in [6, 6.07) is 15.8. The summed E-state index contributed by atoms with van der Waals surface area (Å²) < 4.78 is 21.6. The molecule has 2 rings (SSSR count). The normalized spacial score (nSPS) is 10.9. The van der Waals surface area contributed by atoms with E-state index in [4.69, 9.17) is 18.9 Å². The molecule has 0 unspecified atom stereocenters. The summed E-state index contributed by atoms with van der Waals surface area (Å²) in [5, 5.41) is 12.8. The quantitative estimate of drug-likeness (QED) is 0.470. The van der Waals surface area contributed by atoms with E-state index in [1.165, 1.54) is 0 Å². The van der Waals surface area contributed by atoms with E-state index in [0.717, 1.165) is 11.3 Å². The summed E-state index contributed by atoms with van der Waals surface area (Å²) in [7, 11) is 4.77. The average molecular weight is 382 g/mol. The first-order valence-electron chi connectivity index (χ1n) is 8.96. The van der Waals surface area contributed by atoms with Gasteiger partial charge in [0.2, 0.25) is 5.75 Å². The molecule has 0 fully saturated rings. The Bertz CT molecular complexity index is 788. The van der Waals surface area contributed by atoms with Crippen LogP contribution in [0.25, 0.3) is 0 Å². The lowest BCUT2D eigenvalue weighted by Crippen LogP contribution is -2.07. The number of rotatable bonds is 11. The van der Waals surface area contributed by atoms with Crippen LogP contribution in [0.15, 0.2) is 54.1 Å². The highest BCUT2D eigenvalue weighted by atomic mass is 16.6. The smallest absolute Gasteiger partial charge is 0.203 e. The number of benzene rings is 2. The fraction of sp³-hybridized carbons (Fsp3) is 0.318. The number of allylic oxidation sites excluding steroid dienone is 1. The third-order valence-electron chi connectivity index (χ3n) is 4.02. The van der Waals surface area contributed by atoms with E-state index in [1.807, 2.05) is 48.5 Å². The van der Waals surface area contributed by atoms with Gasteiger partial charge >= 0.3 is 0 Å². The van der Waals surface area contributed by atoms with Crippen molar-refractivity contribution < 1.29 is 18.9 Å². The SMILES string of the molecule is COCCOc1c(OC)cc(C/C(C#N)=C/CNc2ccccc2)cc1OC. The molecule has 0 bridgehead atoms. The first-order chi connectivity index (χ1) is 13.7. The van der Waals surface area contributed by atoms with Gasteiger partial charge < -0.3 is 24.3 Å². The first-order valence-corrected chi connectivity index (χ1v) is 8.96. The molecule has 0 aliphatic carbocycles. The average Bonchev–Trinajstić information content (AvgIpc) is 2.74. The lowest BCUT2D eigenvalue weighted by Gasteiger charge is -2.16. The number of nitriles is 1. The molecular formula is C22H26N2O4. The Hall–Kier alpha value is -3.17. The van der Waals surface area contributed by atoms with E-state index in [1.54, 1.807) is 21.3 Å². The molecular weight excluding hydrogens is 356 g/mol. The highest BCUT2D eigenvalue weighted by Gasteiger charge is 2.15. The van der Waals surface area contributed by atoms with Crippen molar-refractivity contribution in [3.63, 3.8) is 0 Å². The third kappa shape index (κ3) is 6.22. The number of hydrogen-bond acceptors (Lipinski definition) is 6. The minimum atomic E-state index is 0.386. The molecule has 6 heteroatoms. The molecule has 2 aromatic carbocycles. The molecule has 0 atom stereocenters. The molecule has 0 amide bonds. The van der Waals surface area contributed by atoms with Gasteiger partial charge in [-0.15, -0.1) is 0 Å². The molecule has 2 aromatic rings. The van der Waals surface area contributed by atoms with E-state index < -0.39 is 0 Å². The van der Waals surface area contributed by atoms with Crippen LogP contribution in [0.3, 0.4) is 0 Å². The molecule has 28 heavy (non-hydrogen) atoms.